The average molecular weight is 426 g/mol. The van der Waals surface area contributed by atoms with Crippen LogP contribution in [0.5, 0.6) is 0 Å². The number of allylic oxidation sites excluding steroid dienone is 1. The second kappa shape index (κ2) is 7.68. The number of hydrogen-bond donors (Lipinski definition) is 1. The van der Waals surface area contributed by atoms with E-state index in [9.17, 15) is 5.11 Å². The first-order chi connectivity index (χ1) is 11.1. The normalized spacial score (nSPS) is 24.4. The lowest BCUT2D eigenvalue weighted by atomic mass is 10.2. The molecule has 1 N–H and O–H groups in total. The highest BCUT2D eigenvalue weighted by Crippen LogP contribution is 2.24. The summed E-state index contributed by atoms with van der Waals surface area (Å²) in [7, 11) is 0. The smallest absolute Gasteiger partial charge is 0.129 e. The maximum absolute atomic E-state index is 10.2. The molecule has 2 aliphatic rings. The number of rotatable bonds is 5. The van der Waals surface area contributed by atoms with Crippen molar-refractivity contribution in [3.8, 4) is 0 Å². The fraction of sp³-hybridized carbons (Fsp3) is 0.444. The summed E-state index contributed by atoms with van der Waals surface area (Å²) in [6, 6.07) is 10.5. The number of aliphatic imine (C=N–C) groups is 1. The maximum atomic E-state index is 10.2. The van der Waals surface area contributed by atoms with Gasteiger partial charge in [0.1, 0.15) is 11.9 Å². The lowest BCUT2D eigenvalue weighted by Crippen LogP contribution is -2.29. The van der Waals surface area contributed by atoms with Gasteiger partial charge in [-0.3, -0.25) is 0 Å². The van der Waals surface area contributed by atoms with Crippen LogP contribution in [-0.2, 0) is 11.2 Å². The number of aliphatic hydroxyl groups is 1. The number of nitrogens with zero attached hydrogens (tertiary/aromatic N) is 2. The summed E-state index contributed by atoms with van der Waals surface area (Å²) in [5.74, 6) is 0.968. The fourth-order valence-electron chi connectivity index (χ4n) is 2.79. The molecule has 1 aromatic carbocycles. The molecule has 5 heteroatoms. The van der Waals surface area contributed by atoms with Gasteiger partial charge in [0.05, 0.1) is 15.9 Å². The van der Waals surface area contributed by atoms with Gasteiger partial charge >= 0.3 is 0 Å². The standard InChI is InChI=1S/C18H23IN2O2/c1-13(2)23-16-12-21(11-15(16)22)18-8-9-19-17(20-18)10-14-6-4-3-5-7-14/h3-9,13,15-16,22H,10-12H2,1-2H3. The van der Waals surface area contributed by atoms with Gasteiger partial charge < -0.3 is 14.7 Å². The maximum Gasteiger partial charge on any atom is 0.129 e. The van der Waals surface area contributed by atoms with Crippen LogP contribution in [0.15, 0.2) is 47.2 Å². The lowest BCUT2D eigenvalue weighted by Gasteiger charge is -2.21. The monoisotopic (exact) mass is 426 g/mol. The Labute approximate surface area is 147 Å². The molecule has 0 aromatic heterocycles. The van der Waals surface area contributed by atoms with Gasteiger partial charge in [-0.1, -0.05) is 51.1 Å². The Morgan fingerprint density at radius 1 is 1.30 bits per heavy atom. The van der Waals surface area contributed by atoms with Crippen LogP contribution in [0.25, 0.3) is 0 Å². The minimum Gasteiger partial charge on any atom is -0.388 e. The van der Waals surface area contributed by atoms with Gasteiger partial charge in [-0.15, -0.1) is 0 Å². The van der Waals surface area contributed by atoms with Gasteiger partial charge in [0.2, 0.25) is 0 Å². The van der Waals surface area contributed by atoms with Crippen LogP contribution >= 0.6 is 20.7 Å². The first kappa shape index (κ1) is 16.8. The topological polar surface area (TPSA) is 45.1 Å². The Kier molecular flexibility index (Phi) is 5.61. The van der Waals surface area contributed by atoms with Crippen LogP contribution in [0.4, 0.5) is 0 Å². The molecule has 1 fully saturated rings. The molecule has 0 radical (unpaired) electrons. The van der Waals surface area contributed by atoms with Crippen molar-refractivity contribution in [1.82, 2.24) is 4.90 Å². The fourth-order valence-corrected chi connectivity index (χ4v) is 4.76. The van der Waals surface area contributed by atoms with E-state index >= 15 is 0 Å². The molecule has 2 aliphatic heterocycles. The van der Waals surface area contributed by atoms with E-state index in [2.05, 4.69) is 39.3 Å². The Hall–Kier alpha value is -1.05. The van der Waals surface area contributed by atoms with Crippen molar-refractivity contribution >= 4 is 28.5 Å². The predicted octanol–water partition coefficient (Wildman–Crippen LogP) is 2.73. The summed E-state index contributed by atoms with van der Waals surface area (Å²) in [6.07, 6.45) is 2.59. The molecule has 0 aliphatic carbocycles. The van der Waals surface area contributed by atoms with E-state index < -0.39 is 6.10 Å². The number of benzene rings is 1. The first-order valence-corrected chi connectivity index (χ1v) is 10.3. The van der Waals surface area contributed by atoms with Crippen molar-refractivity contribution in [1.29, 1.82) is 0 Å². The quantitative estimate of drug-likeness (QED) is 0.737. The first-order valence-electron chi connectivity index (χ1n) is 7.98. The van der Waals surface area contributed by atoms with Gasteiger partial charge in [-0.2, -0.15) is 0 Å². The summed E-state index contributed by atoms with van der Waals surface area (Å²) in [5, 5.41) is 10.2. The van der Waals surface area contributed by atoms with Crippen LogP contribution in [0.1, 0.15) is 19.4 Å². The molecule has 1 saturated heterocycles. The number of hydrogen-bond acceptors (Lipinski definition) is 4. The molecule has 3 rings (SSSR count). The van der Waals surface area contributed by atoms with Gasteiger partial charge in [0.15, 0.2) is 0 Å². The van der Waals surface area contributed by atoms with Gasteiger partial charge in [0.25, 0.3) is 0 Å². The number of aliphatic hydroxyl groups excluding tert-OH is 1. The zero-order valence-electron chi connectivity index (χ0n) is 13.5. The minimum absolute atomic E-state index is 0.125. The number of halogens is 1. The molecule has 124 valence electrons. The zero-order valence-corrected chi connectivity index (χ0v) is 15.7. The molecule has 2 heterocycles. The van der Waals surface area contributed by atoms with Crippen LogP contribution < -0.4 is 0 Å². The molecular formula is C18H23IN2O2. The molecule has 2 unspecified atom stereocenters. The van der Waals surface area contributed by atoms with Crippen molar-refractivity contribution in [2.75, 3.05) is 13.1 Å². The third-order valence-corrected chi connectivity index (χ3v) is 5.90. The molecule has 1 aromatic rings. The lowest BCUT2D eigenvalue weighted by molar-refractivity contribution is -0.0393. The van der Waals surface area contributed by atoms with E-state index in [0.717, 1.165) is 12.2 Å². The van der Waals surface area contributed by atoms with Gasteiger partial charge in [0, 0.05) is 19.5 Å². The molecule has 4 nitrogen and oxygen atoms in total. The Morgan fingerprint density at radius 2 is 2.09 bits per heavy atom. The number of likely N-dealkylation sites (tertiary alicyclic amines) is 1. The average Bonchev–Trinajstić information content (AvgIpc) is 2.89. The van der Waals surface area contributed by atoms with Crippen LogP contribution in [0.3, 0.4) is 0 Å². The third-order valence-electron chi connectivity index (χ3n) is 3.84. The van der Waals surface area contributed by atoms with Gasteiger partial charge in [-0.05, 0) is 29.5 Å². The van der Waals surface area contributed by atoms with Gasteiger partial charge in [-0.25, -0.2) is 4.99 Å². The highest BCUT2D eigenvalue weighted by Gasteiger charge is 2.34. The molecule has 2 atom stereocenters. The summed E-state index contributed by atoms with van der Waals surface area (Å²) < 4.78 is 9.34. The van der Waals surface area contributed by atoms with Crippen molar-refractivity contribution < 1.29 is 9.84 Å². The summed E-state index contributed by atoms with van der Waals surface area (Å²) in [5.41, 5.74) is 1.31. The van der Waals surface area contributed by atoms with Crippen LogP contribution in [0, 0.1) is 0 Å². The molecule has 0 spiro atoms. The van der Waals surface area contributed by atoms with Crippen molar-refractivity contribution in [3.05, 3.63) is 47.8 Å². The molecule has 0 saturated carbocycles. The summed E-state index contributed by atoms with van der Waals surface area (Å²) in [4.78, 5) is 7.00. The highest BCUT2D eigenvalue weighted by atomic mass is 127. The van der Waals surface area contributed by atoms with E-state index in [4.69, 9.17) is 9.73 Å². The molecule has 0 bridgehead atoms. The number of β-amino-alcohol motifs (C(OH)–C–C–N with tert-alkyl or cyclic N) is 1. The van der Waals surface area contributed by atoms with E-state index in [1.807, 2.05) is 19.9 Å². The third kappa shape index (κ3) is 4.49. The predicted molar refractivity (Wildman–Crippen MR) is 103 cm³/mol. The number of ether oxygens (including phenoxy) is 1. The second-order valence-electron chi connectivity index (χ2n) is 6.11. The summed E-state index contributed by atoms with van der Waals surface area (Å²) >= 11 is -0.129. The van der Waals surface area contributed by atoms with Crippen molar-refractivity contribution in [2.45, 2.75) is 38.6 Å². The molecule has 0 amide bonds. The van der Waals surface area contributed by atoms with E-state index in [-0.39, 0.29) is 32.9 Å². The Bertz CT molecular complexity index is 625. The van der Waals surface area contributed by atoms with Crippen molar-refractivity contribution in [2.24, 2.45) is 4.99 Å². The van der Waals surface area contributed by atoms with Crippen LogP contribution in [-0.4, -0.2) is 49.1 Å². The van der Waals surface area contributed by atoms with E-state index in [1.165, 1.54) is 9.28 Å². The summed E-state index contributed by atoms with van der Waals surface area (Å²) in [6.45, 7) is 5.31. The highest BCUT2D eigenvalue weighted by molar-refractivity contribution is 14.2. The Balaban J connectivity index is 1.67. The van der Waals surface area contributed by atoms with E-state index in [1.54, 1.807) is 0 Å². The SMILES string of the molecule is CC(C)OC1CN(C2=CC=IC(Cc3ccccc3)=N2)CC1O. The minimum atomic E-state index is -0.442. The molecule has 23 heavy (non-hydrogen) atoms. The van der Waals surface area contributed by atoms with E-state index in [0.29, 0.717) is 13.1 Å². The molecular weight excluding hydrogens is 403 g/mol. The zero-order chi connectivity index (χ0) is 16.2. The Morgan fingerprint density at radius 3 is 2.83 bits per heavy atom. The second-order valence-corrected chi connectivity index (χ2v) is 8.69. The van der Waals surface area contributed by atoms with Crippen LogP contribution in [0.2, 0.25) is 0 Å². The van der Waals surface area contributed by atoms with Crippen molar-refractivity contribution in [3.63, 3.8) is 0 Å². The largest absolute Gasteiger partial charge is 0.388 e.